The minimum atomic E-state index is 0.954. The van der Waals surface area contributed by atoms with Crippen molar-refractivity contribution in [1.82, 2.24) is 0 Å². The number of unbranched alkanes of at least 4 members (excludes halogenated alkanes) is 7. The highest BCUT2D eigenvalue weighted by Crippen LogP contribution is 2.07. The summed E-state index contributed by atoms with van der Waals surface area (Å²) in [6.07, 6.45) is 15.0. The second kappa shape index (κ2) is 9.56. The van der Waals surface area contributed by atoms with Gasteiger partial charge < -0.3 is 0 Å². The van der Waals surface area contributed by atoms with E-state index in [9.17, 15) is 0 Å². The molecule has 0 rings (SSSR count). The lowest BCUT2D eigenvalue weighted by atomic mass is 10.1. The Morgan fingerprint density at radius 2 is 1.45 bits per heavy atom. The van der Waals surface area contributed by atoms with Gasteiger partial charge in [-0.1, -0.05) is 45.4 Å². The van der Waals surface area contributed by atoms with Gasteiger partial charge in [-0.25, -0.2) is 0 Å². The molecule has 63 valence electrons. The number of hydrogen-bond donors (Lipinski definition) is 0. The van der Waals surface area contributed by atoms with Gasteiger partial charge >= 0.3 is 0 Å². The fraction of sp³-hybridized carbons (Fsp3) is 0.727. The molecule has 0 spiro atoms. The molecule has 0 aromatic rings. The van der Waals surface area contributed by atoms with E-state index in [1.54, 1.807) is 0 Å². The lowest BCUT2D eigenvalue weighted by molar-refractivity contribution is 0.602. The van der Waals surface area contributed by atoms with Gasteiger partial charge in [0.05, 0.1) is 0 Å². The molecular weight excluding hydrogens is 132 g/mol. The van der Waals surface area contributed by atoms with Crippen LogP contribution in [0.1, 0.15) is 51.4 Å². The Labute approximate surface area is 71.4 Å². The largest absolute Gasteiger partial charge is 0.120 e. The smallest absolute Gasteiger partial charge is 0.00860 e. The molecule has 0 amide bonds. The van der Waals surface area contributed by atoms with Gasteiger partial charge in [0.15, 0.2) is 0 Å². The van der Waals surface area contributed by atoms with E-state index in [0.717, 1.165) is 12.8 Å². The minimum absolute atomic E-state index is 0.954. The Hall–Kier alpha value is -0.440. The predicted octanol–water partition coefficient (Wildman–Crippen LogP) is 3.57. The summed E-state index contributed by atoms with van der Waals surface area (Å²) >= 11 is 0. The summed E-state index contributed by atoms with van der Waals surface area (Å²) in [5.74, 6) is 2.66. The van der Waals surface area contributed by atoms with Crippen LogP contribution in [0, 0.1) is 19.3 Å². The van der Waals surface area contributed by atoms with Crippen molar-refractivity contribution >= 4 is 0 Å². The van der Waals surface area contributed by atoms with Gasteiger partial charge in [0.2, 0.25) is 0 Å². The van der Waals surface area contributed by atoms with Crippen LogP contribution in [-0.4, -0.2) is 0 Å². The SMILES string of the molecule is C#CCCCCCCCC[CH2]. The Morgan fingerprint density at radius 1 is 0.909 bits per heavy atom. The van der Waals surface area contributed by atoms with Gasteiger partial charge in [0.1, 0.15) is 0 Å². The average Bonchev–Trinajstić information content (AvgIpc) is 2.03. The van der Waals surface area contributed by atoms with Gasteiger partial charge in [-0.3, -0.25) is 0 Å². The van der Waals surface area contributed by atoms with E-state index in [1.807, 2.05) is 0 Å². The topological polar surface area (TPSA) is 0 Å². The summed E-state index contributed by atoms with van der Waals surface area (Å²) in [5.41, 5.74) is 0. The van der Waals surface area contributed by atoms with Crippen LogP contribution < -0.4 is 0 Å². The van der Waals surface area contributed by atoms with Crippen molar-refractivity contribution in [2.75, 3.05) is 0 Å². The fourth-order valence-corrected chi connectivity index (χ4v) is 1.11. The second-order valence-electron chi connectivity index (χ2n) is 2.93. The van der Waals surface area contributed by atoms with E-state index in [2.05, 4.69) is 12.8 Å². The van der Waals surface area contributed by atoms with Crippen molar-refractivity contribution in [3.63, 3.8) is 0 Å². The van der Waals surface area contributed by atoms with Crippen molar-refractivity contribution in [3.05, 3.63) is 6.92 Å². The van der Waals surface area contributed by atoms with Crippen LogP contribution in [-0.2, 0) is 0 Å². The Kier molecular flexibility index (Phi) is 9.18. The summed E-state index contributed by atoms with van der Waals surface area (Å²) in [6.45, 7) is 3.81. The summed E-state index contributed by atoms with van der Waals surface area (Å²) < 4.78 is 0. The summed E-state index contributed by atoms with van der Waals surface area (Å²) in [5, 5.41) is 0. The summed E-state index contributed by atoms with van der Waals surface area (Å²) in [7, 11) is 0. The molecule has 0 fully saturated rings. The van der Waals surface area contributed by atoms with Crippen LogP contribution in [0.5, 0.6) is 0 Å². The van der Waals surface area contributed by atoms with Crippen molar-refractivity contribution in [2.24, 2.45) is 0 Å². The van der Waals surface area contributed by atoms with E-state index < -0.39 is 0 Å². The number of hydrogen-bond acceptors (Lipinski definition) is 0. The van der Waals surface area contributed by atoms with E-state index in [-0.39, 0.29) is 0 Å². The molecule has 1 radical (unpaired) electrons. The Morgan fingerprint density at radius 3 is 2.00 bits per heavy atom. The molecule has 0 aliphatic rings. The Balaban J connectivity index is 2.75. The van der Waals surface area contributed by atoms with Gasteiger partial charge in [0, 0.05) is 6.42 Å². The van der Waals surface area contributed by atoms with Crippen molar-refractivity contribution in [3.8, 4) is 12.3 Å². The van der Waals surface area contributed by atoms with Gasteiger partial charge in [-0.2, -0.15) is 0 Å². The zero-order valence-electron chi connectivity index (χ0n) is 7.44. The summed E-state index contributed by atoms with van der Waals surface area (Å²) in [6, 6.07) is 0. The molecule has 0 unspecified atom stereocenters. The van der Waals surface area contributed by atoms with Crippen LogP contribution >= 0.6 is 0 Å². The molecule has 0 aliphatic heterocycles. The third-order valence-electron chi connectivity index (χ3n) is 1.82. The van der Waals surface area contributed by atoms with Crippen LogP contribution in [0.4, 0.5) is 0 Å². The molecule has 0 atom stereocenters. The first-order chi connectivity index (χ1) is 5.41. The second-order valence-corrected chi connectivity index (χ2v) is 2.93. The van der Waals surface area contributed by atoms with Crippen LogP contribution in [0.3, 0.4) is 0 Å². The molecule has 0 heteroatoms. The summed E-state index contributed by atoms with van der Waals surface area (Å²) in [4.78, 5) is 0. The van der Waals surface area contributed by atoms with E-state index in [0.29, 0.717) is 0 Å². The molecule has 0 saturated carbocycles. The number of terminal acetylenes is 1. The lowest BCUT2D eigenvalue weighted by Crippen LogP contribution is -1.78. The highest BCUT2D eigenvalue weighted by Gasteiger charge is 1.88. The van der Waals surface area contributed by atoms with Crippen molar-refractivity contribution in [1.29, 1.82) is 0 Å². The molecule has 0 N–H and O–H groups in total. The van der Waals surface area contributed by atoms with Crippen molar-refractivity contribution < 1.29 is 0 Å². The van der Waals surface area contributed by atoms with Crippen molar-refractivity contribution in [2.45, 2.75) is 51.4 Å². The lowest BCUT2D eigenvalue weighted by Gasteiger charge is -1.97. The quantitative estimate of drug-likeness (QED) is 0.385. The van der Waals surface area contributed by atoms with Gasteiger partial charge in [-0.15, -0.1) is 12.3 Å². The van der Waals surface area contributed by atoms with E-state index >= 15 is 0 Å². The Bertz CT molecular complexity index is 97.1. The van der Waals surface area contributed by atoms with Crippen LogP contribution in [0.25, 0.3) is 0 Å². The fourth-order valence-electron chi connectivity index (χ4n) is 1.11. The monoisotopic (exact) mass is 151 g/mol. The number of rotatable bonds is 7. The molecule has 0 bridgehead atoms. The maximum absolute atomic E-state index is 5.13. The molecule has 0 nitrogen and oxygen atoms in total. The normalized spacial score (nSPS) is 9.45. The zero-order valence-corrected chi connectivity index (χ0v) is 7.44. The molecule has 11 heavy (non-hydrogen) atoms. The molecular formula is C11H19. The zero-order chi connectivity index (χ0) is 8.36. The highest BCUT2D eigenvalue weighted by molar-refractivity contribution is 4.82. The molecule has 0 aromatic heterocycles. The maximum Gasteiger partial charge on any atom is 0.00860 e. The molecule has 0 saturated heterocycles. The van der Waals surface area contributed by atoms with Crippen LogP contribution in [0.15, 0.2) is 0 Å². The minimum Gasteiger partial charge on any atom is -0.120 e. The first-order valence-electron chi connectivity index (χ1n) is 4.64. The van der Waals surface area contributed by atoms with E-state index in [1.165, 1.54) is 38.5 Å². The van der Waals surface area contributed by atoms with Gasteiger partial charge in [-0.05, 0) is 6.42 Å². The molecule has 0 heterocycles. The van der Waals surface area contributed by atoms with Crippen LogP contribution in [0.2, 0.25) is 0 Å². The maximum atomic E-state index is 5.13. The third kappa shape index (κ3) is 9.56. The molecule has 0 aliphatic carbocycles. The highest BCUT2D eigenvalue weighted by atomic mass is 13.9. The molecule has 0 aromatic carbocycles. The predicted molar refractivity (Wildman–Crippen MR) is 51.1 cm³/mol. The first kappa shape index (κ1) is 10.6. The first-order valence-corrected chi connectivity index (χ1v) is 4.64. The average molecular weight is 151 g/mol. The standard InChI is InChI=1S/C11H19/c1-3-5-7-9-11-10-8-6-4-2/h1H,2,4-11H2. The van der Waals surface area contributed by atoms with Gasteiger partial charge in [0.25, 0.3) is 0 Å². The van der Waals surface area contributed by atoms with E-state index in [4.69, 9.17) is 6.42 Å². The third-order valence-corrected chi connectivity index (χ3v) is 1.82.